The van der Waals surface area contributed by atoms with Gasteiger partial charge in [-0.15, -0.1) is 0 Å². The quantitative estimate of drug-likeness (QED) is 0.311. The van der Waals surface area contributed by atoms with Gasteiger partial charge in [-0.3, -0.25) is 30.6 Å². The molecule has 2 rings (SSSR count). The van der Waals surface area contributed by atoms with Gasteiger partial charge in [0.2, 0.25) is 11.8 Å². The van der Waals surface area contributed by atoms with Crippen molar-refractivity contribution >= 4 is 46.8 Å². The van der Waals surface area contributed by atoms with Gasteiger partial charge in [-0.2, -0.15) is 0 Å². The maximum absolute atomic E-state index is 12.2. The number of benzene rings is 2. The third kappa shape index (κ3) is 8.24. The van der Waals surface area contributed by atoms with Gasteiger partial charge < -0.3 is 5.32 Å². The molecule has 0 atom stereocenters. The lowest BCUT2D eigenvalue weighted by Crippen LogP contribution is -2.48. The van der Waals surface area contributed by atoms with Gasteiger partial charge in [-0.1, -0.05) is 43.7 Å². The van der Waals surface area contributed by atoms with E-state index in [0.29, 0.717) is 17.7 Å². The molecule has 8 heteroatoms. The van der Waals surface area contributed by atoms with Crippen molar-refractivity contribution in [3.8, 4) is 0 Å². The monoisotopic (exact) mass is 424 g/mol. The van der Waals surface area contributed by atoms with Crippen LogP contribution in [-0.2, 0) is 9.59 Å². The summed E-state index contributed by atoms with van der Waals surface area (Å²) < 4.78 is 0. The van der Waals surface area contributed by atoms with E-state index in [1.54, 1.807) is 30.3 Å². The molecule has 2 aromatic carbocycles. The summed E-state index contributed by atoms with van der Waals surface area (Å²) in [6, 6.07) is 15.8. The fraction of sp³-hybridized carbons (Fsp3) is 0.182. The highest BCUT2D eigenvalue weighted by atomic mass is 32.1. The average Bonchev–Trinajstić information content (AvgIpc) is 2.76. The SMILES string of the molecule is CCCCC(=O)Nc1ccc(C(=O)NNC(=S)NC(=O)/C=C/c2ccccc2)cc1. The number of carbonyl (C=O) groups is 3. The van der Waals surface area contributed by atoms with E-state index in [0.717, 1.165) is 18.4 Å². The highest BCUT2D eigenvalue weighted by molar-refractivity contribution is 7.80. The molecule has 0 aliphatic rings. The second-order valence-corrected chi connectivity index (χ2v) is 6.78. The van der Waals surface area contributed by atoms with Gasteiger partial charge in [-0.05, 0) is 54.5 Å². The molecule has 4 N–H and O–H groups in total. The van der Waals surface area contributed by atoms with Crippen LogP contribution in [0.25, 0.3) is 6.08 Å². The van der Waals surface area contributed by atoms with Crippen LogP contribution in [0.5, 0.6) is 0 Å². The zero-order valence-electron chi connectivity index (χ0n) is 16.6. The summed E-state index contributed by atoms with van der Waals surface area (Å²) in [4.78, 5) is 35.8. The number of carbonyl (C=O) groups excluding carboxylic acids is 3. The van der Waals surface area contributed by atoms with Crippen LogP contribution >= 0.6 is 12.2 Å². The Bertz CT molecular complexity index is 912. The second kappa shape index (κ2) is 12.1. The van der Waals surface area contributed by atoms with Gasteiger partial charge in [-0.25, -0.2) is 0 Å². The fourth-order valence-corrected chi connectivity index (χ4v) is 2.52. The average molecular weight is 425 g/mol. The maximum atomic E-state index is 12.2. The summed E-state index contributed by atoms with van der Waals surface area (Å²) in [5.74, 6) is -0.915. The largest absolute Gasteiger partial charge is 0.326 e. The summed E-state index contributed by atoms with van der Waals surface area (Å²) in [6.45, 7) is 2.02. The summed E-state index contributed by atoms with van der Waals surface area (Å²) in [6.07, 6.45) is 5.24. The summed E-state index contributed by atoms with van der Waals surface area (Å²) in [5, 5.41) is 5.18. The molecule has 0 saturated heterocycles. The predicted octanol–water partition coefficient (Wildman–Crippen LogP) is 3.16. The minimum Gasteiger partial charge on any atom is -0.326 e. The first-order valence-electron chi connectivity index (χ1n) is 9.52. The standard InChI is InChI=1S/C22H24N4O3S/c1-2-3-9-19(27)23-18-13-11-17(12-14-18)21(29)25-26-22(30)24-20(28)15-10-16-7-5-4-6-8-16/h4-8,10-15H,2-3,9H2,1H3,(H,23,27)(H,25,29)(H2,24,26,28,30)/b15-10+. The molecule has 0 aliphatic heterocycles. The Hall–Kier alpha value is -3.52. The molecule has 0 unspecified atom stereocenters. The van der Waals surface area contributed by atoms with Gasteiger partial charge in [0.05, 0.1) is 0 Å². The molecule has 30 heavy (non-hydrogen) atoms. The van der Waals surface area contributed by atoms with Crippen LogP contribution in [0.1, 0.15) is 42.1 Å². The number of hydrazine groups is 1. The van der Waals surface area contributed by atoms with Crippen molar-refractivity contribution in [3.05, 3.63) is 71.8 Å². The van der Waals surface area contributed by atoms with Gasteiger partial charge in [0.1, 0.15) is 0 Å². The number of thiocarbonyl (C=S) groups is 1. The van der Waals surface area contributed by atoms with Gasteiger partial charge in [0.15, 0.2) is 5.11 Å². The minimum absolute atomic E-state index is 0.0362. The summed E-state index contributed by atoms with van der Waals surface area (Å²) >= 11 is 4.99. The Labute approximate surface area is 180 Å². The number of amides is 3. The molecule has 0 saturated carbocycles. The van der Waals surface area contributed by atoms with E-state index in [1.807, 2.05) is 37.3 Å². The third-order valence-electron chi connectivity index (χ3n) is 3.94. The van der Waals surface area contributed by atoms with Crippen molar-refractivity contribution in [3.63, 3.8) is 0 Å². The molecule has 0 radical (unpaired) electrons. The topological polar surface area (TPSA) is 99.3 Å². The van der Waals surface area contributed by atoms with Crippen LogP contribution in [0, 0.1) is 0 Å². The van der Waals surface area contributed by atoms with E-state index < -0.39 is 11.8 Å². The number of rotatable bonds is 7. The predicted molar refractivity (Wildman–Crippen MR) is 121 cm³/mol. The number of hydrogen-bond acceptors (Lipinski definition) is 4. The van der Waals surface area contributed by atoms with Crippen molar-refractivity contribution in [1.82, 2.24) is 16.2 Å². The zero-order chi connectivity index (χ0) is 21.8. The van der Waals surface area contributed by atoms with E-state index in [-0.39, 0.29) is 11.0 Å². The molecule has 0 spiro atoms. The lowest BCUT2D eigenvalue weighted by molar-refractivity contribution is -0.116. The maximum Gasteiger partial charge on any atom is 0.269 e. The Balaban J connectivity index is 1.76. The minimum atomic E-state index is -0.435. The molecule has 2 aromatic rings. The molecular weight excluding hydrogens is 400 g/mol. The van der Waals surface area contributed by atoms with Crippen LogP contribution < -0.4 is 21.5 Å². The molecule has 0 aliphatic carbocycles. The highest BCUT2D eigenvalue weighted by Gasteiger charge is 2.08. The van der Waals surface area contributed by atoms with Gasteiger partial charge in [0.25, 0.3) is 5.91 Å². The van der Waals surface area contributed by atoms with Gasteiger partial charge >= 0.3 is 0 Å². The summed E-state index contributed by atoms with van der Waals surface area (Å²) in [7, 11) is 0. The molecule has 0 fully saturated rings. The normalized spacial score (nSPS) is 10.3. The third-order valence-corrected chi connectivity index (χ3v) is 4.15. The summed E-state index contributed by atoms with van der Waals surface area (Å²) in [5.41, 5.74) is 6.75. The molecule has 0 aromatic heterocycles. The first-order chi connectivity index (χ1) is 14.5. The highest BCUT2D eigenvalue weighted by Crippen LogP contribution is 2.10. The van der Waals surface area contributed by atoms with E-state index in [4.69, 9.17) is 12.2 Å². The van der Waals surface area contributed by atoms with E-state index in [1.165, 1.54) is 6.08 Å². The smallest absolute Gasteiger partial charge is 0.269 e. The van der Waals surface area contributed by atoms with Crippen LogP contribution in [0.4, 0.5) is 5.69 Å². The fourth-order valence-electron chi connectivity index (χ4n) is 2.37. The van der Waals surface area contributed by atoms with Crippen LogP contribution in [0.2, 0.25) is 0 Å². The number of hydrogen-bond donors (Lipinski definition) is 4. The number of unbranched alkanes of at least 4 members (excludes halogenated alkanes) is 1. The zero-order valence-corrected chi connectivity index (χ0v) is 17.4. The molecular formula is C22H24N4O3S. The first-order valence-corrected chi connectivity index (χ1v) is 9.93. The van der Waals surface area contributed by atoms with Gasteiger partial charge in [0, 0.05) is 23.7 Å². The van der Waals surface area contributed by atoms with E-state index >= 15 is 0 Å². The van der Waals surface area contributed by atoms with Crippen molar-refractivity contribution in [1.29, 1.82) is 0 Å². The van der Waals surface area contributed by atoms with Crippen molar-refractivity contribution in [2.45, 2.75) is 26.2 Å². The number of nitrogens with one attached hydrogen (secondary N) is 4. The molecule has 7 nitrogen and oxygen atoms in total. The van der Waals surface area contributed by atoms with Crippen LogP contribution in [0.3, 0.4) is 0 Å². The van der Waals surface area contributed by atoms with Crippen LogP contribution in [-0.4, -0.2) is 22.8 Å². The van der Waals surface area contributed by atoms with Crippen LogP contribution in [0.15, 0.2) is 60.7 Å². The first kappa shape index (κ1) is 22.8. The lowest BCUT2D eigenvalue weighted by atomic mass is 10.2. The molecule has 0 heterocycles. The number of anilines is 1. The Morgan fingerprint density at radius 3 is 2.33 bits per heavy atom. The second-order valence-electron chi connectivity index (χ2n) is 6.37. The van der Waals surface area contributed by atoms with E-state index in [9.17, 15) is 14.4 Å². The van der Waals surface area contributed by atoms with E-state index in [2.05, 4.69) is 21.5 Å². The lowest BCUT2D eigenvalue weighted by Gasteiger charge is -2.10. The van der Waals surface area contributed by atoms with Crippen molar-refractivity contribution in [2.24, 2.45) is 0 Å². The Kier molecular flexibility index (Phi) is 9.20. The molecule has 0 bridgehead atoms. The molecule has 156 valence electrons. The molecule has 3 amide bonds. The van der Waals surface area contributed by atoms with Crippen molar-refractivity contribution in [2.75, 3.05) is 5.32 Å². The van der Waals surface area contributed by atoms with Crippen molar-refractivity contribution < 1.29 is 14.4 Å². The Morgan fingerprint density at radius 2 is 1.67 bits per heavy atom. The Morgan fingerprint density at radius 1 is 0.967 bits per heavy atom.